The Labute approximate surface area is 95.5 Å². The molecule has 1 heterocycles. The molecule has 0 aromatic carbocycles. The first-order chi connectivity index (χ1) is 7.54. The van der Waals surface area contributed by atoms with Gasteiger partial charge in [-0.15, -0.1) is 0 Å². The van der Waals surface area contributed by atoms with Gasteiger partial charge < -0.3 is 4.90 Å². The maximum Gasteiger partial charge on any atom is 0.190 e. The van der Waals surface area contributed by atoms with Crippen molar-refractivity contribution in [2.24, 2.45) is 4.99 Å². The number of nitrogens with zero attached hydrogens (tertiary/aromatic N) is 5. The molecular formula is C11H15N5. The average molecular weight is 217 g/mol. The minimum atomic E-state index is 0.252. The van der Waals surface area contributed by atoms with Crippen LogP contribution in [0.2, 0.25) is 0 Å². The molecular weight excluding hydrogens is 202 g/mol. The minimum Gasteiger partial charge on any atom is -0.369 e. The Morgan fingerprint density at radius 2 is 2.19 bits per heavy atom. The Morgan fingerprint density at radius 3 is 2.69 bits per heavy atom. The van der Waals surface area contributed by atoms with Crippen molar-refractivity contribution < 1.29 is 0 Å². The van der Waals surface area contributed by atoms with Gasteiger partial charge in [-0.05, 0) is 5.92 Å². The Kier molecular flexibility index (Phi) is 3.95. The molecule has 1 rings (SSSR count). The highest BCUT2D eigenvalue weighted by atomic mass is 15.1. The SMILES string of the molecule is CC(C)c1cnc(C#N)c(N=CN(C)C)n1. The van der Waals surface area contributed by atoms with Crippen molar-refractivity contribution in [3.63, 3.8) is 0 Å². The van der Waals surface area contributed by atoms with Gasteiger partial charge >= 0.3 is 0 Å². The van der Waals surface area contributed by atoms with E-state index in [-0.39, 0.29) is 11.6 Å². The maximum absolute atomic E-state index is 8.87. The second kappa shape index (κ2) is 5.21. The predicted octanol–water partition coefficient (Wildman–Crippen LogP) is 1.69. The molecule has 0 amide bonds. The van der Waals surface area contributed by atoms with E-state index in [1.807, 2.05) is 34.0 Å². The second-order valence-electron chi connectivity index (χ2n) is 3.94. The molecule has 0 unspecified atom stereocenters. The van der Waals surface area contributed by atoms with Crippen molar-refractivity contribution in [3.05, 3.63) is 17.6 Å². The average Bonchev–Trinajstić information content (AvgIpc) is 2.25. The minimum absolute atomic E-state index is 0.252. The number of hydrogen-bond acceptors (Lipinski definition) is 4. The van der Waals surface area contributed by atoms with Crippen molar-refractivity contribution in [1.29, 1.82) is 5.26 Å². The first-order valence-corrected chi connectivity index (χ1v) is 5.02. The Hall–Kier alpha value is -1.96. The third-order valence-electron chi connectivity index (χ3n) is 1.88. The molecule has 0 aliphatic rings. The highest BCUT2D eigenvalue weighted by Gasteiger charge is 2.08. The molecule has 0 N–H and O–H groups in total. The number of hydrogen-bond donors (Lipinski definition) is 0. The first-order valence-electron chi connectivity index (χ1n) is 5.02. The molecule has 0 saturated heterocycles. The molecule has 0 aliphatic heterocycles. The van der Waals surface area contributed by atoms with E-state index >= 15 is 0 Å². The van der Waals surface area contributed by atoms with Crippen LogP contribution in [0.5, 0.6) is 0 Å². The zero-order valence-electron chi connectivity index (χ0n) is 9.97. The molecule has 5 nitrogen and oxygen atoms in total. The monoisotopic (exact) mass is 217 g/mol. The Balaban J connectivity index is 3.13. The van der Waals surface area contributed by atoms with Crippen LogP contribution < -0.4 is 0 Å². The molecule has 1 aromatic rings. The van der Waals surface area contributed by atoms with Crippen LogP contribution in [-0.4, -0.2) is 35.3 Å². The van der Waals surface area contributed by atoms with Crippen LogP contribution in [0.1, 0.15) is 31.2 Å². The van der Waals surface area contributed by atoms with E-state index < -0.39 is 0 Å². The van der Waals surface area contributed by atoms with E-state index in [9.17, 15) is 0 Å². The fraction of sp³-hybridized carbons (Fsp3) is 0.455. The van der Waals surface area contributed by atoms with Crippen LogP contribution in [0.25, 0.3) is 0 Å². The summed E-state index contributed by atoms with van der Waals surface area (Å²) in [5.41, 5.74) is 1.09. The van der Waals surface area contributed by atoms with Gasteiger partial charge in [-0.2, -0.15) is 5.26 Å². The van der Waals surface area contributed by atoms with Crippen molar-refractivity contribution >= 4 is 12.2 Å². The van der Waals surface area contributed by atoms with Gasteiger partial charge in [-0.1, -0.05) is 13.8 Å². The molecule has 5 heteroatoms. The summed E-state index contributed by atoms with van der Waals surface area (Å²) < 4.78 is 0. The quantitative estimate of drug-likeness (QED) is 0.571. The fourth-order valence-corrected chi connectivity index (χ4v) is 1.01. The lowest BCUT2D eigenvalue weighted by Crippen LogP contribution is -2.07. The molecule has 0 saturated carbocycles. The van der Waals surface area contributed by atoms with Gasteiger partial charge in [0, 0.05) is 14.1 Å². The number of rotatable bonds is 3. The summed E-state index contributed by atoms with van der Waals surface area (Å²) in [5, 5.41) is 8.87. The van der Waals surface area contributed by atoms with Crippen LogP contribution >= 0.6 is 0 Å². The topological polar surface area (TPSA) is 65.2 Å². The van der Waals surface area contributed by atoms with E-state index in [0.717, 1.165) is 5.69 Å². The molecule has 0 aliphatic carbocycles. The zero-order valence-corrected chi connectivity index (χ0v) is 9.97. The van der Waals surface area contributed by atoms with E-state index in [1.54, 1.807) is 17.4 Å². The molecule has 16 heavy (non-hydrogen) atoms. The Bertz CT molecular complexity index is 428. The fourth-order valence-electron chi connectivity index (χ4n) is 1.01. The van der Waals surface area contributed by atoms with Gasteiger partial charge in [-0.25, -0.2) is 15.0 Å². The summed E-state index contributed by atoms with van der Waals surface area (Å²) in [6, 6.07) is 1.98. The lowest BCUT2D eigenvalue weighted by atomic mass is 10.1. The van der Waals surface area contributed by atoms with Crippen molar-refractivity contribution in [2.75, 3.05) is 14.1 Å². The first kappa shape index (κ1) is 12.1. The lowest BCUT2D eigenvalue weighted by molar-refractivity contribution is 0.642. The van der Waals surface area contributed by atoms with Gasteiger partial charge in [-0.3, -0.25) is 0 Å². The standard InChI is InChI=1S/C11H15N5/c1-8(2)10-6-13-9(5-12)11(15-10)14-7-16(3)4/h6-8H,1-4H3. The Morgan fingerprint density at radius 1 is 1.50 bits per heavy atom. The summed E-state index contributed by atoms with van der Waals surface area (Å²) in [5.74, 6) is 0.649. The van der Waals surface area contributed by atoms with Crippen molar-refractivity contribution in [1.82, 2.24) is 14.9 Å². The van der Waals surface area contributed by atoms with Crippen LogP contribution in [0.3, 0.4) is 0 Å². The molecule has 0 fully saturated rings. The van der Waals surface area contributed by atoms with Crippen LogP contribution in [0, 0.1) is 11.3 Å². The molecule has 1 aromatic heterocycles. The van der Waals surface area contributed by atoms with Crippen molar-refractivity contribution in [2.45, 2.75) is 19.8 Å². The van der Waals surface area contributed by atoms with E-state index in [4.69, 9.17) is 5.26 Å². The normalized spacial score (nSPS) is 10.8. The largest absolute Gasteiger partial charge is 0.369 e. The zero-order chi connectivity index (χ0) is 12.1. The summed E-state index contributed by atoms with van der Waals surface area (Å²) >= 11 is 0. The van der Waals surface area contributed by atoms with Crippen LogP contribution in [0.4, 0.5) is 5.82 Å². The van der Waals surface area contributed by atoms with Gasteiger partial charge in [0.05, 0.1) is 18.2 Å². The summed E-state index contributed by atoms with van der Waals surface area (Å²) in [6.45, 7) is 4.05. The van der Waals surface area contributed by atoms with Gasteiger partial charge in [0.25, 0.3) is 0 Å². The number of nitriles is 1. The lowest BCUT2D eigenvalue weighted by Gasteiger charge is -2.06. The third kappa shape index (κ3) is 3.02. The summed E-state index contributed by atoms with van der Waals surface area (Å²) in [4.78, 5) is 14.3. The highest BCUT2D eigenvalue weighted by molar-refractivity contribution is 5.61. The van der Waals surface area contributed by atoms with Gasteiger partial charge in [0.1, 0.15) is 6.07 Å². The maximum atomic E-state index is 8.87. The van der Waals surface area contributed by atoms with Crippen molar-refractivity contribution in [3.8, 4) is 6.07 Å². The molecule has 0 bridgehead atoms. The number of aliphatic imine (C=N–C) groups is 1. The molecule has 0 atom stereocenters. The van der Waals surface area contributed by atoms with E-state index in [1.165, 1.54) is 0 Å². The summed E-state index contributed by atoms with van der Waals surface area (Å²) in [7, 11) is 3.71. The molecule has 0 radical (unpaired) electrons. The smallest absolute Gasteiger partial charge is 0.190 e. The number of aromatic nitrogens is 2. The molecule has 84 valence electrons. The van der Waals surface area contributed by atoms with Crippen LogP contribution in [-0.2, 0) is 0 Å². The molecule has 0 spiro atoms. The summed E-state index contributed by atoms with van der Waals surface area (Å²) in [6.07, 6.45) is 3.23. The van der Waals surface area contributed by atoms with Crippen LogP contribution in [0.15, 0.2) is 11.2 Å². The third-order valence-corrected chi connectivity index (χ3v) is 1.88. The van der Waals surface area contributed by atoms with E-state index in [2.05, 4.69) is 15.0 Å². The van der Waals surface area contributed by atoms with Gasteiger partial charge in [0.2, 0.25) is 0 Å². The highest BCUT2D eigenvalue weighted by Crippen LogP contribution is 2.17. The second-order valence-corrected chi connectivity index (χ2v) is 3.94. The predicted molar refractivity (Wildman–Crippen MR) is 62.7 cm³/mol. The van der Waals surface area contributed by atoms with Gasteiger partial charge in [0.15, 0.2) is 11.5 Å². The van der Waals surface area contributed by atoms with E-state index in [0.29, 0.717) is 5.82 Å².